The predicted molar refractivity (Wildman–Crippen MR) is 84.9 cm³/mol. The first-order valence-electron chi connectivity index (χ1n) is 7.21. The topological polar surface area (TPSA) is 60.2 Å². The molecule has 2 aromatic rings. The highest BCUT2D eigenvalue weighted by Gasteiger charge is 2.12. The Hall–Kier alpha value is -1.91. The van der Waals surface area contributed by atoms with Gasteiger partial charge in [0.15, 0.2) is 0 Å². The Balaban J connectivity index is 2.15. The van der Waals surface area contributed by atoms with Crippen LogP contribution in [0.1, 0.15) is 36.6 Å². The van der Waals surface area contributed by atoms with Crippen molar-refractivity contribution in [3.05, 3.63) is 59.4 Å². The maximum atomic E-state index is 5.72. The van der Waals surface area contributed by atoms with Crippen LogP contribution in [0.15, 0.2) is 42.7 Å². The molecule has 2 rings (SSSR count). The maximum Gasteiger partial charge on any atom is 0.138 e. The molecule has 0 fully saturated rings. The summed E-state index contributed by atoms with van der Waals surface area (Å²) in [5.74, 6) is 6.49. The number of hydrogen-bond donors (Lipinski definition) is 2. The maximum absolute atomic E-state index is 5.72. The standard InChI is InChI=1S/C17H23N3O/c1-12(2)21-16-9-15(10-19-11-16)17(20-18)8-14-6-4-13(3)5-7-14/h4-7,9-12,17,20H,8,18H2,1-3H3. The van der Waals surface area contributed by atoms with Crippen molar-refractivity contribution in [1.82, 2.24) is 10.4 Å². The monoisotopic (exact) mass is 285 g/mol. The summed E-state index contributed by atoms with van der Waals surface area (Å²) >= 11 is 0. The summed E-state index contributed by atoms with van der Waals surface area (Å²) in [6, 6.07) is 10.5. The van der Waals surface area contributed by atoms with Gasteiger partial charge in [0.1, 0.15) is 5.75 Å². The molecule has 4 nitrogen and oxygen atoms in total. The fraction of sp³-hybridized carbons (Fsp3) is 0.353. The number of nitrogens with two attached hydrogens (primary N) is 1. The molecule has 1 aromatic carbocycles. The van der Waals surface area contributed by atoms with Gasteiger partial charge in [0.2, 0.25) is 0 Å². The second-order valence-corrected chi connectivity index (χ2v) is 5.53. The van der Waals surface area contributed by atoms with Gasteiger partial charge in [0, 0.05) is 6.20 Å². The molecule has 0 aliphatic rings. The molecule has 1 unspecified atom stereocenters. The fourth-order valence-electron chi connectivity index (χ4n) is 2.20. The summed E-state index contributed by atoms with van der Waals surface area (Å²) in [6.07, 6.45) is 4.49. The van der Waals surface area contributed by atoms with Gasteiger partial charge in [-0.05, 0) is 44.4 Å². The van der Waals surface area contributed by atoms with Crippen molar-refractivity contribution in [3.8, 4) is 5.75 Å². The highest BCUT2D eigenvalue weighted by atomic mass is 16.5. The summed E-state index contributed by atoms with van der Waals surface area (Å²) in [6.45, 7) is 6.08. The van der Waals surface area contributed by atoms with Gasteiger partial charge in [0.05, 0.1) is 18.3 Å². The summed E-state index contributed by atoms with van der Waals surface area (Å²) in [7, 11) is 0. The molecule has 3 N–H and O–H groups in total. The number of ether oxygens (including phenoxy) is 1. The lowest BCUT2D eigenvalue weighted by Crippen LogP contribution is -2.29. The largest absolute Gasteiger partial charge is 0.489 e. The summed E-state index contributed by atoms with van der Waals surface area (Å²) in [4.78, 5) is 4.24. The van der Waals surface area contributed by atoms with Crippen molar-refractivity contribution in [3.63, 3.8) is 0 Å². The molecule has 4 heteroatoms. The van der Waals surface area contributed by atoms with E-state index < -0.39 is 0 Å². The van der Waals surface area contributed by atoms with E-state index in [1.165, 1.54) is 11.1 Å². The Morgan fingerprint density at radius 3 is 2.52 bits per heavy atom. The number of hydrogen-bond acceptors (Lipinski definition) is 4. The number of benzene rings is 1. The van der Waals surface area contributed by atoms with E-state index in [-0.39, 0.29) is 12.1 Å². The zero-order valence-electron chi connectivity index (χ0n) is 12.8. The summed E-state index contributed by atoms with van der Waals surface area (Å²) in [5.41, 5.74) is 6.38. The van der Waals surface area contributed by atoms with E-state index in [4.69, 9.17) is 10.6 Å². The molecule has 0 saturated heterocycles. The average molecular weight is 285 g/mol. The lowest BCUT2D eigenvalue weighted by atomic mass is 10.00. The minimum atomic E-state index is 0.0101. The van der Waals surface area contributed by atoms with Crippen LogP contribution in [-0.4, -0.2) is 11.1 Å². The van der Waals surface area contributed by atoms with Gasteiger partial charge in [0.25, 0.3) is 0 Å². The molecule has 0 aliphatic heterocycles. The second-order valence-electron chi connectivity index (χ2n) is 5.53. The molecule has 0 radical (unpaired) electrons. The van der Waals surface area contributed by atoms with Crippen molar-refractivity contribution in [2.75, 3.05) is 0 Å². The molecule has 21 heavy (non-hydrogen) atoms. The van der Waals surface area contributed by atoms with E-state index in [1.807, 2.05) is 26.1 Å². The zero-order valence-corrected chi connectivity index (χ0v) is 12.8. The van der Waals surface area contributed by atoms with Gasteiger partial charge >= 0.3 is 0 Å². The first-order chi connectivity index (χ1) is 10.1. The fourth-order valence-corrected chi connectivity index (χ4v) is 2.20. The van der Waals surface area contributed by atoms with Crippen molar-refractivity contribution in [1.29, 1.82) is 0 Å². The number of aromatic nitrogens is 1. The van der Waals surface area contributed by atoms with Crippen LogP contribution >= 0.6 is 0 Å². The SMILES string of the molecule is Cc1ccc(CC(NN)c2cncc(OC(C)C)c2)cc1. The van der Waals surface area contributed by atoms with Crippen LogP contribution in [0.5, 0.6) is 5.75 Å². The number of hydrazine groups is 1. The van der Waals surface area contributed by atoms with Crippen LogP contribution in [0.25, 0.3) is 0 Å². The van der Waals surface area contributed by atoms with Gasteiger partial charge in [-0.15, -0.1) is 0 Å². The molecule has 1 atom stereocenters. The van der Waals surface area contributed by atoms with Gasteiger partial charge in [-0.25, -0.2) is 0 Å². The highest BCUT2D eigenvalue weighted by Crippen LogP contribution is 2.21. The van der Waals surface area contributed by atoms with Gasteiger partial charge in [-0.2, -0.15) is 0 Å². The number of rotatable bonds is 6. The molecule has 1 aromatic heterocycles. The normalized spacial score (nSPS) is 12.4. The molecular weight excluding hydrogens is 262 g/mol. The van der Waals surface area contributed by atoms with Gasteiger partial charge in [-0.1, -0.05) is 29.8 Å². The lowest BCUT2D eigenvalue weighted by Gasteiger charge is -2.18. The molecule has 0 aliphatic carbocycles. The molecule has 0 saturated carbocycles. The third-order valence-electron chi connectivity index (χ3n) is 3.27. The second kappa shape index (κ2) is 7.20. The van der Waals surface area contributed by atoms with E-state index in [9.17, 15) is 0 Å². The van der Waals surface area contributed by atoms with Crippen LogP contribution < -0.4 is 16.0 Å². The molecule has 1 heterocycles. The van der Waals surface area contributed by atoms with Crippen LogP contribution in [0.2, 0.25) is 0 Å². The number of pyridine rings is 1. The number of nitrogens with zero attached hydrogens (tertiary/aromatic N) is 1. The zero-order chi connectivity index (χ0) is 15.2. The Morgan fingerprint density at radius 1 is 1.19 bits per heavy atom. The minimum absolute atomic E-state index is 0.0101. The van der Waals surface area contributed by atoms with Crippen molar-refractivity contribution in [2.24, 2.45) is 5.84 Å². The van der Waals surface area contributed by atoms with Crippen LogP contribution in [0.4, 0.5) is 0 Å². The van der Waals surface area contributed by atoms with Gasteiger partial charge < -0.3 is 4.74 Å². The average Bonchev–Trinajstić information content (AvgIpc) is 2.46. The molecule has 0 spiro atoms. The smallest absolute Gasteiger partial charge is 0.138 e. The quantitative estimate of drug-likeness (QED) is 0.633. The first kappa shape index (κ1) is 15.5. The van der Waals surface area contributed by atoms with E-state index in [2.05, 4.69) is 41.6 Å². The molecular formula is C17H23N3O. The van der Waals surface area contributed by atoms with Crippen LogP contribution in [0.3, 0.4) is 0 Å². The summed E-state index contributed by atoms with van der Waals surface area (Å²) in [5, 5.41) is 0. The van der Waals surface area contributed by atoms with Crippen molar-refractivity contribution < 1.29 is 4.74 Å². The third-order valence-corrected chi connectivity index (χ3v) is 3.27. The minimum Gasteiger partial charge on any atom is -0.489 e. The van der Waals surface area contributed by atoms with Crippen LogP contribution in [-0.2, 0) is 6.42 Å². The Bertz CT molecular complexity index is 567. The molecule has 112 valence electrons. The molecule has 0 bridgehead atoms. The Labute approximate surface area is 126 Å². The van der Waals surface area contributed by atoms with Crippen molar-refractivity contribution in [2.45, 2.75) is 39.3 Å². The number of aryl methyl sites for hydroxylation is 1. The predicted octanol–water partition coefficient (Wildman–Crippen LogP) is 2.92. The van der Waals surface area contributed by atoms with E-state index in [0.29, 0.717) is 0 Å². The first-order valence-corrected chi connectivity index (χ1v) is 7.21. The van der Waals surface area contributed by atoms with E-state index >= 15 is 0 Å². The van der Waals surface area contributed by atoms with Gasteiger partial charge in [-0.3, -0.25) is 16.3 Å². The highest BCUT2D eigenvalue weighted by molar-refractivity contribution is 5.29. The Morgan fingerprint density at radius 2 is 1.90 bits per heavy atom. The van der Waals surface area contributed by atoms with E-state index in [1.54, 1.807) is 6.20 Å². The van der Waals surface area contributed by atoms with Crippen LogP contribution in [0, 0.1) is 6.92 Å². The summed E-state index contributed by atoms with van der Waals surface area (Å²) < 4.78 is 5.68. The Kier molecular flexibility index (Phi) is 5.31. The van der Waals surface area contributed by atoms with E-state index in [0.717, 1.165) is 17.7 Å². The third kappa shape index (κ3) is 4.55. The molecule has 0 amide bonds. The number of nitrogens with one attached hydrogen (secondary N) is 1. The van der Waals surface area contributed by atoms with Crippen molar-refractivity contribution >= 4 is 0 Å². The lowest BCUT2D eigenvalue weighted by molar-refractivity contribution is 0.241.